The normalized spacial score (nSPS) is 18.3. The Morgan fingerprint density at radius 3 is 2.65 bits per heavy atom. The number of piperidine rings is 1. The van der Waals surface area contributed by atoms with Crippen LogP contribution in [0.2, 0.25) is 5.02 Å². The van der Waals surface area contributed by atoms with Gasteiger partial charge in [-0.05, 0) is 42.9 Å². The van der Waals surface area contributed by atoms with Gasteiger partial charge in [-0.3, -0.25) is 0 Å². The number of aromatic nitrogens is 1. The fraction of sp³-hybridized carbons (Fsp3) is 0.688. The Bertz CT molecular complexity index is 435. The third kappa shape index (κ3) is 4.10. The third-order valence-electron chi connectivity index (χ3n) is 4.05. The maximum atomic E-state index is 6.41. The molecule has 0 amide bonds. The highest BCUT2D eigenvalue weighted by molar-refractivity contribution is 6.33. The van der Waals surface area contributed by atoms with E-state index in [1.165, 1.54) is 12.8 Å². The van der Waals surface area contributed by atoms with Crippen molar-refractivity contribution < 1.29 is 0 Å². The molecule has 1 aliphatic heterocycles. The molecular weight excluding hydrogens is 270 g/mol. The molecule has 0 aliphatic carbocycles. The number of hydrogen-bond acceptors (Lipinski definition) is 3. The molecule has 4 heteroatoms. The smallest absolute Gasteiger partial charge is 0.147 e. The van der Waals surface area contributed by atoms with Crippen molar-refractivity contribution in [2.75, 3.05) is 24.5 Å². The van der Waals surface area contributed by atoms with E-state index in [-0.39, 0.29) is 0 Å². The van der Waals surface area contributed by atoms with Gasteiger partial charge in [-0.15, -0.1) is 0 Å². The maximum absolute atomic E-state index is 6.41. The van der Waals surface area contributed by atoms with Gasteiger partial charge in [0.15, 0.2) is 0 Å². The highest BCUT2D eigenvalue weighted by Gasteiger charge is 2.26. The van der Waals surface area contributed by atoms with Gasteiger partial charge in [0.2, 0.25) is 0 Å². The van der Waals surface area contributed by atoms with Crippen LogP contribution >= 0.6 is 11.6 Å². The molecule has 1 N–H and O–H groups in total. The van der Waals surface area contributed by atoms with Crippen LogP contribution in [0.5, 0.6) is 0 Å². The van der Waals surface area contributed by atoms with Gasteiger partial charge in [-0.1, -0.05) is 32.4 Å². The topological polar surface area (TPSA) is 28.2 Å². The van der Waals surface area contributed by atoms with Gasteiger partial charge < -0.3 is 10.2 Å². The molecule has 0 aromatic carbocycles. The summed E-state index contributed by atoms with van der Waals surface area (Å²) < 4.78 is 0. The summed E-state index contributed by atoms with van der Waals surface area (Å²) in [4.78, 5) is 6.90. The molecule has 0 unspecified atom stereocenters. The molecule has 0 saturated carbocycles. The predicted molar refractivity (Wildman–Crippen MR) is 86.5 cm³/mol. The van der Waals surface area contributed by atoms with Gasteiger partial charge in [-0.2, -0.15) is 0 Å². The van der Waals surface area contributed by atoms with Crippen LogP contribution in [-0.2, 0) is 6.54 Å². The average molecular weight is 296 g/mol. The summed E-state index contributed by atoms with van der Waals surface area (Å²) >= 11 is 6.41. The van der Waals surface area contributed by atoms with Gasteiger partial charge >= 0.3 is 0 Å². The Morgan fingerprint density at radius 2 is 2.05 bits per heavy atom. The maximum Gasteiger partial charge on any atom is 0.147 e. The lowest BCUT2D eigenvalue weighted by atomic mass is 9.83. The first-order valence-corrected chi connectivity index (χ1v) is 8.00. The molecule has 0 radical (unpaired) electrons. The van der Waals surface area contributed by atoms with Crippen LogP contribution in [-0.4, -0.2) is 24.6 Å². The van der Waals surface area contributed by atoms with Crippen molar-refractivity contribution in [1.82, 2.24) is 10.3 Å². The van der Waals surface area contributed by atoms with E-state index in [9.17, 15) is 0 Å². The molecule has 1 aromatic heterocycles. The second-order valence-corrected chi connectivity index (χ2v) is 6.88. The van der Waals surface area contributed by atoms with Crippen LogP contribution in [0.3, 0.4) is 0 Å². The molecule has 1 aromatic rings. The lowest BCUT2D eigenvalue weighted by Crippen LogP contribution is -2.37. The van der Waals surface area contributed by atoms with Crippen molar-refractivity contribution >= 4 is 17.4 Å². The molecule has 2 heterocycles. The van der Waals surface area contributed by atoms with Crippen molar-refractivity contribution in [3.8, 4) is 0 Å². The van der Waals surface area contributed by atoms with E-state index < -0.39 is 0 Å². The lowest BCUT2D eigenvalue weighted by Gasteiger charge is -2.37. The number of nitrogens with zero attached hydrogens (tertiary/aromatic N) is 2. The van der Waals surface area contributed by atoms with E-state index in [2.05, 4.69) is 36.0 Å². The zero-order valence-electron chi connectivity index (χ0n) is 12.9. The second-order valence-electron chi connectivity index (χ2n) is 6.48. The monoisotopic (exact) mass is 295 g/mol. The zero-order valence-corrected chi connectivity index (χ0v) is 13.6. The van der Waals surface area contributed by atoms with Crippen LogP contribution in [0.15, 0.2) is 12.3 Å². The fourth-order valence-corrected chi connectivity index (χ4v) is 2.84. The van der Waals surface area contributed by atoms with Crippen molar-refractivity contribution in [3.63, 3.8) is 0 Å². The molecule has 0 bridgehead atoms. The Hall–Kier alpha value is -0.800. The Kier molecular flexibility index (Phi) is 5.28. The van der Waals surface area contributed by atoms with E-state index in [1.807, 2.05) is 12.3 Å². The minimum Gasteiger partial charge on any atom is -0.355 e. The second kappa shape index (κ2) is 6.77. The third-order valence-corrected chi connectivity index (χ3v) is 4.33. The minimum atomic E-state index is 0.451. The summed E-state index contributed by atoms with van der Waals surface area (Å²) in [6.07, 6.45) is 5.49. The van der Waals surface area contributed by atoms with E-state index in [0.29, 0.717) is 5.41 Å². The first kappa shape index (κ1) is 15.6. The van der Waals surface area contributed by atoms with Crippen LogP contribution in [0.4, 0.5) is 5.82 Å². The number of rotatable bonds is 5. The molecule has 112 valence electrons. The largest absolute Gasteiger partial charge is 0.355 e. The van der Waals surface area contributed by atoms with Crippen LogP contribution in [0, 0.1) is 5.41 Å². The summed E-state index contributed by atoms with van der Waals surface area (Å²) in [5.41, 5.74) is 1.61. The van der Waals surface area contributed by atoms with Crippen LogP contribution < -0.4 is 10.2 Å². The van der Waals surface area contributed by atoms with Gasteiger partial charge in [0.25, 0.3) is 0 Å². The number of pyridine rings is 1. The average Bonchev–Trinajstić information content (AvgIpc) is 2.40. The molecule has 2 rings (SSSR count). The standard InChI is InChI=1S/C16H26ClN3/c1-4-7-18-11-13-10-14(17)15(19-12-13)20-8-5-16(2,3)6-9-20/h10,12,18H,4-9,11H2,1-3H3. The SMILES string of the molecule is CCCNCc1cnc(N2CCC(C)(C)CC2)c(Cl)c1. The highest BCUT2D eigenvalue weighted by atomic mass is 35.5. The summed E-state index contributed by atoms with van der Waals surface area (Å²) in [5.74, 6) is 0.946. The minimum absolute atomic E-state index is 0.451. The molecular formula is C16H26ClN3. The van der Waals surface area contributed by atoms with Gasteiger partial charge in [0, 0.05) is 25.8 Å². The van der Waals surface area contributed by atoms with Gasteiger partial charge in [0.05, 0.1) is 5.02 Å². The van der Waals surface area contributed by atoms with Crippen molar-refractivity contribution in [2.45, 2.75) is 46.6 Å². The summed E-state index contributed by atoms with van der Waals surface area (Å²) in [5, 5.41) is 4.15. The van der Waals surface area contributed by atoms with Gasteiger partial charge in [-0.25, -0.2) is 4.98 Å². The first-order chi connectivity index (χ1) is 9.52. The lowest BCUT2D eigenvalue weighted by molar-refractivity contribution is 0.279. The Morgan fingerprint density at radius 1 is 1.35 bits per heavy atom. The summed E-state index contributed by atoms with van der Waals surface area (Å²) in [6.45, 7) is 10.8. The molecule has 0 spiro atoms. The first-order valence-electron chi connectivity index (χ1n) is 7.62. The van der Waals surface area contributed by atoms with E-state index in [4.69, 9.17) is 11.6 Å². The molecule has 1 aliphatic rings. The molecule has 3 nitrogen and oxygen atoms in total. The number of anilines is 1. The van der Waals surface area contributed by atoms with E-state index in [0.717, 1.165) is 49.0 Å². The number of nitrogens with one attached hydrogen (secondary N) is 1. The van der Waals surface area contributed by atoms with Crippen molar-refractivity contribution in [1.29, 1.82) is 0 Å². The zero-order chi connectivity index (χ0) is 14.6. The molecule has 1 fully saturated rings. The molecule has 20 heavy (non-hydrogen) atoms. The van der Waals surface area contributed by atoms with Crippen molar-refractivity contribution in [2.24, 2.45) is 5.41 Å². The molecule has 0 atom stereocenters. The molecule has 1 saturated heterocycles. The Balaban J connectivity index is 1.99. The van der Waals surface area contributed by atoms with Crippen LogP contribution in [0.1, 0.15) is 45.6 Å². The van der Waals surface area contributed by atoms with Crippen molar-refractivity contribution in [3.05, 3.63) is 22.8 Å². The van der Waals surface area contributed by atoms with Gasteiger partial charge in [0.1, 0.15) is 5.82 Å². The number of hydrogen-bond donors (Lipinski definition) is 1. The summed E-state index contributed by atoms with van der Waals surface area (Å²) in [6, 6.07) is 2.05. The number of halogens is 1. The van der Waals surface area contributed by atoms with Crippen LogP contribution in [0.25, 0.3) is 0 Å². The fourth-order valence-electron chi connectivity index (χ4n) is 2.53. The van der Waals surface area contributed by atoms with E-state index >= 15 is 0 Å². The summed E-state index contributed by atoms with van der Waals surface area (Å²) in [7, 11) is 0. The Labute approximate surface area is 127 Å². The van der Waals surface area contributed by atoms with E-state index in [1.54, 1.807) is 0 Å². The predicted octanol–water partition coefficient (Wildman–Crippen LogP) is 3.86. The quantitative estimate of drug-likeness (QED) is 0.836. The highest BCUT2D eigenvalue weighted by Crippen LogP contribution is 2.34.